The van der Waals surface area contributed by atoms with Crippen LogP contribution in [0.5, 0.6) is 5.75 Å². The predicted molar refractivity (Wildman–Crippen MR) is 72.9 cm³/mol. The zero-order valence-electron chi connectivity index (χ0n) is 10.9. The van der Waals surface area contributed by atoms with E-state index in [1.807, 2.05) is 19.1 Å². The third-order valence-corrected chi connectivity index (χ3v) is 2.68. The highest BCUT2D eigenvalue weighted by atomic mass is 16.5. The third-order valence-electron chi connectivity index (χ3n) is 2.68. The molecule has 1 aromatic carbocycles. The molecule has 0 aliphatic carbocycles. The maximum atomic E-state index is 11.6. The molecule has 0 heterocycles. The van der Waals surface area contributed by atoms with Gasteiger partial charge in [-0.05, 0) is 25.0 Å². The average Bonchev–Trinajstić information content (AvgIpc) is 2.39. The van der Waals surface area contributed by atoms with Gasteiger partial charge in [-0.1, -0.05) is 19.1 Å². The van der Waals surface area contributed by atoms with Gasteiger partial charge in [0.2, 0.25) is 0 Å². The molecule has 5 heteroatoms. The fraction of sp³-hybridized carbons (Fsp3) is 0.462. The van der Waals surface area contributed by atoms with Gasteiger partial charge in [0.25, 0.3) is 0 Å². The topological polar surface area (TPSA) is 76.4 Å². The number of nitrogens with one attached hydrogen (secondary N) is 2. The molecule has 4 N–H and O–H groups in total. The number of hydrogen-bond donors (Lipinski definition) is 3. The minimum Gasteiger partial charge on any atom is -0.495 e. The van der Waals surface area contributed by atoms with E-state index in [4.69, 9.17) is 10.5 Å². The van der Waals surface area contributed by atoms with Crippen LogP contribution in [0.3, 0.4) is 0 Å². The Kier molecular flexibility index (Phi) is 6.00. The van der Waals surface area contributed by atoms with Crippen molar-refractivity contribution in [1.82, 2.24) is 5.32 Å². The Morgan fingerprint density at radius 2 is 2.17 bits per heavy atom. The van der Waals surface area contributed by atoms with Gasteiger partial charge in [0.1, 0.15) is 5.75 Å². The smallest absolute Gasteiger partial charge is 0.319 e. The number of methoxy groups -OCH3 is 1. The maximum absolute atomic E-state index is 11.6. The Morgan fingerprint density at radius 3 is 2.83 bits per heavy atom. The van der Waals surface area contributed by atoms with E-state index in [1.165, 1.54) is 0 Å². The number of carbonyl (C=O) groups excluding carboxylic acids is 1. The number of rotatable bonds is 6. The predicted octanol–water partition coefficient (Wildman–Crippen LogP) is 1.94. The molecule has 0 spiro atoms. The van der Waals surface area contributed by atoms with Crippen LogP contribution >= 0.6 is 0 Å². The molecule has 18 heavy (non-hydrogen) atoms. The van der Waals surface area contributed by atoms with Gasteiger partial charge in [-0.15, -0.1) is 0 Å². The van der Waals surface area contributed by atoms with E-state index in [0.717, 1.165) is 12.8 Å². The lowest BCUT2D eigenvalue weighted by atomic mass is 10.2. The second-order valence-corrected chi connectivity index (χ2v) is 4.04. The maximum Gasteiger partial charge on any atom is 0.319 e. The first-order chi connectivity index (χ1) is 8.67. The molecular formula is C13H21N3O2. The SMILES string of the molecule is CCC(N)CCNC(=O)Nc1ccccc1OC. The van der Waals surface area contributed by atoms with Crippen molar-refractivity contribution < 1.29 is 9.53 Å². The molecule has 0 aliphatic heterocycles. The van der Waals surface area contributed by atoms with Crippen LogP contribution in [0.2, 0.25) is 0 Å². The molecule has 1 atom stereocenters. The summed E-state index contributed by atoms with van der Waals surface area (Å²) in [6, 6.07) is 7.16. The highest BCUT2D eigenvalue weighted by molar-refractivity contribution is 5.90. The standard InChI is InChI=1S/C13H21N3O2/c1-3-10(14)8-9-15-13(17)16-11-6-4-5-7-12(11)18-2/h4-7,10H,3,8-9,14H2,1-2H3,(H2,15,16,17). The van der Waals surface area contributed by atoms with Gasteiger partial charge in [-0.3, -0.25) is 0 Å². The number of urea groups is 1. The summed E-state index contributed by atoms with van der Waals surface area (Å²) in [4.78, 5) is 11.6. The monoisotopic (exact) mass is 251 g/mol. The minimum absolute atomic E-state index is 0.136. The molecule has 0 aliphatic rings. The van der Waals surface area contributed by atoms with Gasteiger partial charge in [-0.25, -0.2) is 4.79 Å². The normalized spacial score (nSPS) is 11.7. The van der Waals surface area contributed by atoms with E-state index in [9.17, 15) is 4.79 Å². The van der Waals surface area contributed by atoms with Crippen molar-refractivity contribution in [2.24, 2.45) is 5.73 Å². The summed E-state index contributed by atoms with van der Waals surface area (Å²) in [5.74, 6) is 0.637. The zero-order valence-corrected chi connectivity index (χ0v) is 10.9. The van der Waals surface area contributed by atoms with Crippen LogP contribution in [-0.4, -0.2) is 25.7 Å². The second kappa shape index (κ2) is 7.55. The largest absolute Gasteiger partial charge is 0.495 e. The molecule has 0 bridgehead atoms. The Labute approximate surface area is 108 Å². The van der Waals surface area contributed by atoms with Gasteiger partial charge in [0, 0.05) is 12.6 Å². The summed E-state index contributed by atoms with van der Waals surface area (Å²) in [7, 11) is 1.57. The molecule has 0 radical (unpaired) electrons. The van der Waals surface area contributed by atoms with Crippen molar-refractivity contribution in [1.29, 1.82) is 0 Å². The van der Waals surface area contributed by atoms with Crippen LogP contribution in [0.1, 0.15) is 19.8 Å². The minimum atomic E-state index is -0.247. The number of para-hydroxylation sites is 2. The first-order valence-corrected chi connectivity index (χ1v) is 6.10. The van der Waals surface area contributed by atoms with Crippen LogP contribution in [0.25, 0.3) is 0 Å². The number of amides is 2. The molecule has 1 unspecified atom stereocenters. The molecule has 100 valence electrons. The lowest BCUT2D eigenvalue weighted by Gasteiger charge is -2.12. The molecule has 0 aromatic heterocycles. The number of anilines is 1. The summed E-state index contributed by atoms with van der Waals surface area (Å²) >= 11 is 0. The number of benzene rings is 1. The highest BCUT2D eigenvalue weighted by Crippen LogP contribution is 2.22. The summed E-state index contributed by atoms with van der Waals surface area (Å²) in [5, 5.41) is 5.50. The van der Waals surface area contributed by atoms with Crippen molar-refractivity contribution in [3.8, 4) is 5.75 Å². The second-order valence-electron chi connectivity index (χ2n) is 4.04. The van der Waals surface area contributed by atoms with Crippen LogP contribution in [0.4, 0.5) is 10.5 Å². The zero-order chi connectivity index (χ0) is 13.4. The number of ether oxygens (including phenoxy) is 1. The van der Waals surface area contributed by atoms with Crippen molar-refractivity contribution in [3.63, 3.8) is 0 Å². The van der Waals surface area contributed by atoms with Crippen LogP contribution in [0.15, 0.2) is 24.3 Å². The first-order valence-electron chi connectivity index (χ1n) is 6.10. The first kappa shape index (κ1) is 14.3. The Balaban J connectivity index is 2.40. The van der Waals surface area contributed by atoms with Gasteiger partial charge >= 0.3 is 6.03 Å². The van der Waals surface area contributed by atoms with Crippen molar-refractivity contribution in [2.75, 3.05) is 19.0 Å². The van der Waals surface area contributed by atoms with E-state index < -0.39 is 0 Å². The number of hydrogen-bond acceptors (Lipinski definition) is 3. The molecule has 0 saturated carbocycles. The van der Waals surface area contributed by atoms with Crippen LogP contribution in [-0.2, 0) is 0 Å². The van der Waals surface area contributed by atoms with Crippen LogP contribution < -0.4 is 21.1 Å². The van der Waals surface area contributed by atoms with Gasteiger partial charge in [-0.2, -0.15) is 0 Å². The summed E-state index contributed by atoms with van der Waals surface area (Å²) in [6.45, 7) is 2.59. The van der Waals surface area contributed by atoms with Gasteiger partial charge < -0.3 is 21.1 Å². The van der Waals surface area contributed by atoms with E-state index in [1.54, 1.807) is 19.2 Å². The molecule has 1 aromatic rings. The molecule has 0 fully saturated rings. The van der Waals surface area contributed by atoms with Crippen molar-refractivity contribution in [3.05, 3.63) is 24.3 Å². The number of carbonyl (C=O) groups is 1. The van der Waals surface area contributed by atoms with E-state index in [-0.39, 0.29) is 12.1 Å². The van der Waals surface area contributed by atoms with Crippen molar-refractivity contribution >= 4 is 11.7 Å². The molecular weight excluding hydrogens is 230 g/mol. The Hall–Kier alpha value is -1.75. The Morgan fingerprint density at radius 1 is 1.44 bits per heavy atom. The van der Waals surface area contributed by atoms with Crippen LogP contribution in [0, 0.1) is 0 Å². The third kappa shape index (κ3) is 4.63. The lowest BCUT2D eigenvalue weighted by molar-refractivity contribution is 0.251. The summed E-state index contributed by atoms with van der Waals surface area (Å²) in [6.07, 6.45) is 1.69. The number of nitrogens with two attached hydrogens (primary N) is 1. The fourth-order valence-corrected chi connectivity index (χ4v) is 1.49. The summed E-state index contributed by atoms with van der Waals surface area (Å²) < 4.78 is 5.14. The molecule has 5 nitrogen and oxygen atoms in total. The van der Waals surface area contributed by atoms with Gasteiger partial charge in [0.05, 0.1) is 12.8 Å². The fourth-order valence-electron chi connectivity index (χ4n) is 1.49. The molecule has 2 amide bonds. The Bertz CT molecular complexity index is 382. The molecule has 0 saturated heterocycles. The van der Waals surface area contributed by atoms with E-state index in [2.05, 4.69) is 10.6 Å². The van der Waals surface area contributed by atoms with Gasteiger partial charge in [0.15, 0.2) is 0 Å². The highest BCUT2D eigenvalue weighted by Gasteiger charge is 2.06. The quantitative estimate of drug-likeness (QED) is 0.723. The van der Waals surface area contributed by atoms with E-state index in [0.29, 0.717) is 18.0 Å². The van der Waals surface area contributed by atoms with E-state index >= 15 is 0 Å². The van der Waals surface area contributed by atoms with Crippen molar-refractivity contribution in [2.45, 2.75) is 25.8 Å². The lowest BCUT2D eigenvalue weighted by Crippen LogP contribution is -2.33. The average molecular weight is 251 g/mol. The summed E-state index contributed by atoms with van der Waals surface area (Å²) in [5.41, 5.74) is 6.42. The molecule has 1 rings (SSSR count).